The van der Waals surface area contributed by atoms with E-state index in [1.807, 2.05) is 0 Å². The molecule has 0 bridgehead atoms. The molecule has 1 rings (SSSR count). The second-order valence-electron chi connectivity index (χ2n) is 4.52. The standard InChI is InChI=1S/C10H22N2/c1-8(2)5-10-7-12(4)9(3)6-11-10/h8-11H,5-7H2,1-4H3. The molecule has 2 nitrogen and oxygen atoms in total. The van der Waals surface area contributed by atoms with Gasteiger partial charge in [0.2, 0.25) is 0 Å². The molecule has 2 heteroatoms. The number of likely N-dealkylation sites (N-methyl/N-ethyl adjacent to an activating group) is 1. The van der Waals surface area contributed by atoms with E-state index in [9.17, 15) is 0 Å². The summed E-state index contributed by atoms with van der Waals surface area (Å²) in [6.45, 7) is 9.21. The summed E-state index contributed by atoms with van der Waals surface area (Å²) in [5.41, 5.74) is 0. The van der Waals surface area contributed by atoms with Crippen LogP contribution in [0.25, 0.3) is 0 Å². The van der Waals surface area contributed by atoms with E-state index in [0.717, 1.165) is 12.5 Å². The van der Waals surface area contributed by atoms with Crippen LogP contribution in [-0.2, 0) is 0 Å². The van der Waals surface area contributed by atoms with Gasteiger partial charge in [0, 0.05) is 25.2 Å². The van der Waals surface area contributed by atoms with Crippen LogP contribution in [0.5, 0.6) is 0 Å². The first-order valence-corrected chi connectivity index (χ1v) is 5.03. The maximum Gasteiger partial charge on any atom is 0.0198 e. The summed E-state index contributed by atoms with van der Waals surface area (Å²) in [5.74, 6) is 0.810. The number of piperazine rings is 1. The molecule has 0 spiro atoms. The van der Waals surface area contributed by atoms with Crippen molar-refractivity contribution in [2.45, 2.75) is 39.3 Å². The molecule has 2 atom stereocenters. The molecule has 72 valence electrons. The zero-order valence-corrected chi connectivity index (χ0v) is 8.80. The maximum atomic E-state index is 3.59. The predicted octanol–water partition coefficient (Wildman–Crippen LogP) is 1.32. The molecule has 1 aliphatic rings. The Labute approximate surface area is 76.3 Å². The smallest absolute Gasteiger partial charge is 0.0198 e. The molecule has 0 aromatic carbocycles. The molecule has 1 saturated heterocycles. The molecule has 12 heavy (non-hydrogen) atoms. The highest BCUT2D eigenvalue weighted by Gasteiger charge is 2.21. The number of hydrogen-bond donors (Lipinski definition) is 1. The molecular formula is C10H22N2. The monoisotopic (exact) mass is 170 g/mol. The summed E-state index contributed by atoms with van der Waals surface area (Å²) in [5, 5.41) is 3.59. The van der Waals surface area contributed by atoms with Crippen molar-refractivity contribution in [2.24, 2.45) is 5.92 Å². The molecule has 2 unspecified atom stereocenters. The van der Waals surface area contributed by atoms with Crippen LogP contribution >= 0.6 is 0 Å². The minimum absolute atomic E-state index is 0.702. The summed E-state index contributed by atoms with van der Waals surface area (Å²) >= 11 is 0. The Hall–Kier alpha value is -0.0800. The van der Waals surface area contributed by atoms with Gasteiger partial charge in [0.1, 0.15) is 0 Å². The molecule has 0 amide bonds. The summed E-state index contributed by atoms with van der Waals surface area (Å²) in [6.07, 6.45) is 1.30. The van der Waals surface area contributed by atoms with E-state index < -0.39 is 0 Å². The molecule has 0 aromatic rings. The van der Waals surface area contributed by atoms with Crippen LogP contribution < -0.4 is 5.32 Å². The van der Waals surface area contributed by atoms with Crippen molar-refractivity contribution in [3.05, 3.63) is 0 Å². The minimum atomic E-state index is 0.702. The van der Waals surface area contributed by atoms with Gasteiger partial charge in [-0.1, -0.05) is 13.8 Å². The van der Waals surface area contributed by atoms with Gasteiger partial charge in [-0.2, -0.15) is 0 Å². The van der Waals surface area contributed by atoms with Crippen molar-refractivity contribution in [1.29, 1.82) is 0 Å². The van der Waals surface area contributed by atoms with Crippen LogP contribution in [0, 0.1) is 5.92 Å². The third-order valence-electron chi connectivity index (χ3n) is 2.72. The molecular weight excluding hydrogens is 148 g/mol. The van der Waals surface area contributed by atoms with Gasteiger partial charge in [0.05, 0.1) is 0 Å². The Bertz CT molecular complexity index is 134. The number of nitrogens with one attached hydrogen (secondary N) is 1. The summed E-state index contributed by atoms with van der Waals surface area (Å²) in [7, 11) is 2.22. The minimum Gasteiger partial charge on any atom is -0.311 e. The van der Waals surface area contributed by atoms with Crippen molar-refractivity contribution in [2.75, 3.05) is 20.1 Å². The Balaban J connectivity index is 2.30. The third-order valence-corrected chi connectivity index (χ3v) is 2.72. The van der Waals surface area contributed by atoms with Crippen LogP contribution in [0.1, 0.15) is 27.2 Å². The Morgan fingerprint density at radius 2 is 2.17 bits per heavy atom. The Morgan fingerprint density at radius 3 is 2.67 bits per heavy atom. The Morgan fingerprint density at radius 1 is 1.50 bits per heavy atom. The quantitative estimate of drug-likeness (QED) is 0.672. The van der Waals surface area contributed by atoms with E-state index in [1.165, 1.54) is 13.0 Å². The van der Waals surface area contributed by atoms with Gasteiger partial charge in [-0.05, 0) is 26.3 Å². The van der Waals surface area contributed by atoms with Crippen molar-refractivity contribution in [3.63, 3.8) is 0 Å². The lowest BCUT2D eigenvalue weighted by molar-refractivity contribution is 0.164. The average molecular weight is 170 g/mol. The lowest BCUT2D eigenvalue weighted by Crippen LogP contribution is -2.54. The SMILES string of the molecule is CC(C)CC1CN(C)C(C)CN1. The van der Waals surface area contributed by atoms with E-state index >= 15 is 0 Å². The van der Waals surface area contributed by atoms with Gasteiger partial charge >= 0.3 is 0 Å². The third kappa shape index (κ3) is 2.76. The highest BCUT2D eigenvalue weighted by atomic mass is 15.2. The summed E-state index contributed by atoms with van der Waals surface area (Å²) in [4.78, 5) is 2.45. The predicted molar refractivity (Wildman–Crippen MR) is 53.3 cm³/mol. The Kier molecular flexibility index (Phi) is 3.53. The molecule has 1 N–H and O–H groups in total. The zero-order valence-electron chi connectivity index (χ0n) is 8.80. The fourth-order valence-corrected chi connectivity index (χ4v) is 1.81. The maximum absolute atomic E-state index is 3.59. The fraction of sp³-hybridized carbons (Fsp3) is 1.00. The second-order valence-corrected chi connectivity index (χ2v) is 4.52. The van der Waals surface area contributed by atoms with E-state index in [4.69, 9.17) is 0 Å². The largest absolute Gasteiger partial charge is 0.311 e. The van der Waals surface area contributed by atoms with Gasteiger partial charge in [0.15, 0.2) is 0 Å². The zero-order chi connectivity index (χ0) is 9.14. The van der Waals surface area contributed by atoms with Crippen LogP contribution in [0.15, 0.2) is 0 Å². The van der Waals surface area contributed by atoms with Crippen molar-refractivity contribution < 1.29 is 0 Å². The normalized spacial score (nSPS) is 32.8. The topological polar surface area (TPSA) is 15.3 Å². The van der Waals surface area contributed by atoms with Crippen molar-refractivity contribution in [1.82, 2.24) is 10.2 Å². The van der Waals surface area contributed by atoms with Gasteiger partial charge in [0.25, 0.3) is 0 Å². The summed E-state index contributed by atoms with van der Waals surface area (Å²) < 4.78 is 0. The molecule has 0 aliphatic carbocycles. The number of hydrogen-bond acceptors (Lipinski definition) is 2. The van der Waals surface area contributed by atoms with Crippen LogP contribution in [0.4, 0.5) is 0 Å². The van der Waals surface area contributed by atoms with Crippen molar-refractivity contribution >= 4 is 0 Å². The van der Waals surface area contributed by atoms with Crippen molar-refractivity contribution in [3.8, 4) is 0 Å². The first kappa shape index (κ1) is 10.0. The van der Waals surface area contributed by atoms with Gasteiger partial charge < -0.3 is 10.2 Å². The number of rotatable bonds is 2. The fourth-order valence-electron chi connectivity index (χ4n) is 1.81. The first-order valence-electron chi connectivity index (χ1n) is 5.03. The van der Waals surface area contributed by atoms with Gasteiger partial charge in [-0.3, -0.25) is 0 Å². The first-order chi connectivity index (χ1) is 5.59. The van der Waals surface area contributed by atoms with Gasteiger partial charge in [-0.15, -0.1) is 0 Å². The van der Waals surface area contributed by atoms with Crippen LogP contribution in [0.3, 0.4) is 0 Å². The molecule has 1 aliphatic heterocycles. The molecule has 0 radical (unpaired) electrons. The highest BCUT2D eigenvalue weighted by molar-refractivity contribution is 4.82. The van der Waals surface area contributed by atoms with E-state index in [-0.39, 0.29) is 0 Å². The summed E-state index contributed by atoms with van der Waals surface area (Å²) in [6, 6.07) is 1.42. The lowest BCUT2D eigenvalue weighted by Gasteiger charge is -2.36. The van der Waals surface area contributed by atoms with E-state index in [1.54, 1.807) is 0 Å². The average Bonchev–Trinajstić information content (AvgIpc) is 1.96. The molecule has 0 saturated carbocycles. The molecule has 1 fully saturated rings. The van der Waals surface area contributed by atoms with Crippen LogP contribution in [0.2, 0.25) is 0 Å². The molecule has 0 aromatic heterocycles. The number of nitrogens with zero attached hydrogens (tertiary/aromatic N) is 1. The van der Waals surface area contributed by atoms with E-state index in [2.05, 4.69) is 38.0 Å². The highest BCUT2D eigenvalue weighted by Crippen LogP contribution is 2.10. The second kappa shape index (κ2) is 4.24. The lowest BCUT2D eigenvalue weighted by atomic mass is 10.0. The van der Waals surface area contributed by atoms with Gasteiger partial charge in [-0.25, -0.2) is 0 Å². The van der Waals surface area contributed by atoms with Crippen LogP contribution in [-0.4, -0.2) is 37.1 Å². The molecule has 1 heterocycles. The van der Waals surface area contributed by atoms with E-state index in [0.29, 0.717) is 12.1 Å².